The van der Waals surface area contributed by atoms with E-state index in [0.717, 1.165) is 19.3 Å². The van der Waals surface area contributed by atoms with E-state index in [9.17, 15) is 9.90 Å². The molecular formula is C10H17O2-. The Balaban J connectivity index is 2.58. The molecule has 1 aliphatic rings. The highest BCUT2D eigenvalue weighted by molar-refractivity contribution is 5.65. The van der Waals surface area contributed by atoms with Gasteiger partial charge in [-0.05, 0) is 30.6 Å². The minimum atomic E-state index is -0.883. The zero-order valence-electron chi connectivity index (χ0n) is 7.93. The lowest BCUT2D eigenvalue weighted by Gasteiger charge is -2.28. The highest BCUT2D eigenvalue weighted by atomic mass is 16.4. The summed E-state index contributed by atoms with van der Waals surface area (Å²) >= 11 is 0. The second kappa shape index (κ2) is 3.46. The fraction of sp³-hybridized carbons (Fsp3) is 0.900. The van der Waals surface area contributed by atoms with Crippen LogP contribution in [0, 0.1) is 11.3 Å². The molecule has 0 amide bonds. The highest BCUT2D eigenvalue weighted by Gasteiger charge is 2.35. The van der Waals surface area contributed by atoms with Gasteiger partial charge in [-0.25, -0.2) is 0 Å². The van der Waals surface area contributed by atoms with Crippen LogP contribution in [0.3, 0.4) is 0 Å². The predicted octanol–water partition coefficient (Wildman–Crippen LogP) is 1.34. The summed E-state index contributed by atoms with van der Waals surface area (Å²) in [6, 6.07) is 0. The van der Waals surface area contributed by atoms with E-state index in [1.54, 1.807) is 0 Å². The Hall–Kier alpha value is -0.530. The van der Waals surface area contributed by atoms with Crippen LogP contribution in [0.4, 0.5) is 0 Å². The Bertz CT molecular complexity index is 177. The number of carbonyl (C=O) groups is 1. The standard InChI is InChI=1S/C10H18O2/c1-3-10(7-9(11)12)5-4-8(2)6-10/h8H,3-7H2,1-2H3,(H,11,12)/p-1/t8-,10+/m1/s1. The lowest BCUT2D eigenvalue weighted by molar-refractivity contribution is -0.308. The van der Waals surface area contributed by atoms with Gasteiger partial charge in [0.15, 0.2) is 0 Å². The second-order valence-electron chi connectivity index (χ2n) is 4.25. The lowest BCUT2D eigenvalue weighted by atomic mass is 9.79. The summed E-state index contributed by atoms with van der Waals surface area (Å²) in [5.41, 5.74) is 0.0677. The predicted molar refractivity (Wildman–Crippen MR) is 45.4 cm³/mol. The summed E-state index contributed by atoms with van der Waals surface area (Å²) in [7, 11) is 0. The molecule has 0 bridgehead atoms. The number of aliphatic carboxylic acids is 1. The molecule has 2 nitrogen and oxygen atoms in total. The molecule has 0 aliphatic heterocycles. The fourth-order valence-corrected chi connectivity index (χ4v) is 2.41. The molecule has 0 saturated heterocycles. The molecule has 12 heavy (non-hydrogen) atoms. The van der Waals surface area contributed by atoms with Crippen molar-refractivity contribution in [2.24, 2.45) is 11.3 Å². The molecule has 1 rings (SSSR count). The minimum Gasteiger partial charge on any atom is -0.550 e. The minimum absolute atomic E-state index is 0.0677. The Labute approximate surface area is 74.0 Å². The van der Waals surface area contributed by atoms with Crippen molar-refractivity contribution in [1.29, 1.82) is 0 Å². The van der Waals surface area contributed by atoms with Crippen molar-refractivity contribution in [3.63, 3.8) is 0 Å². The molecule has 0 heterocycles. The van der Waals surface area contributed by atoms with Crippen LogP contribution in [0.1, 0.15) is 46.0 Å². The molecule has 0 unspecified atom stereocenters. The summed E-state index contributed by atoms with van der Waals surface area (Å²) < 4.78 is 0. The number of rotatable bonds is 3. The van der Waals surface area contributed by atoms with Crippen molar-refractivity contribution in [3.8, 4) is 0 Å². The van der Waals surface area contributed by atoms with E-state index in [-0.39, 0.29) is 11.8 Å². The molecule has 0 aromatic carbocycles. The molecule has 1 saturated carbocycles. The number of hydrogen-bond acceptors (Lipinski definition) is 2. The van der Waals surface area contributed by atoms with E-state index in [0.29, 0.717) is 5.92 Å². The summed E-state index contributed by atoms with van der Waals surface area (Å²) in [5, 5.41) is 10.5. The van der Waals surface area contributed by atoms with Gasteiger partial charge in [0.1, 0.15) is 0 Å². The van der Waals surface area contributed by atoms with Crippen molar-refractivity contribution in [3.05, 3.63) is 0 Å². The van der Waals surface area contributed by atoms with Crippen molar-refractivity contribution in [1.82, 2.24) is 0 Å². The van der Waals surface area contributed by atoms with Crippen molar-refractivity contribution < 1.29 is 9.90 Å². The Morgan fingerprint density at radius 3 is 2.67 bits per heavy atom. The third-order valence-corrected chi connectivity index (χ3v) is 3.22. The average Bonchev–Trinajstić information content (AvgIpc) is 2.32. The molecule has 1 fully saturated rings. The molecule has 0 aromatic heterocycles. The first-order valence-electron chi connectivity index (χ1n) is 4.78. The first-order valence-corrected chi connectivity index (χ1v) is 4.78. The molecule has 0 spiro atoms. The Morgan fingerprint density at radius 2 is 2.33 bits per heavy atom. The van der Waals surface area contributed by atoms with Crippen LogP contribution in [0.15, 0.2) is 0 Å². The topological polar surface area (TPSA) is 40.1 Å². The van der Waals surface area contributed by atoms with E-state index in [1.165, 1.54) is 6.42 Å². The first kappa shape index (κ1) is 9.56. The monoisotopic (exact) mass is 169 g/mol. The number of hydrogen-bond donors (Lipinski definition) is 0. The van der Waals surface area contributed by atoms with Crippen LogP contribution < -0.4 is 5.11 Å². The molecular weight excluding hydrogens is 152 g/mol. The van der Waals surface area contributed by atoms with E-state index >= 15 is 0 Å². The number of carboxylic acids is 1. The van der Waals surface area contributed by atoms with Crippen molar-refractivity contribution in [2.75, 3.05) is 0 Å². The van der Waals surface area contributed by atoms with Gasteiger partial charge in [0, 0.05) is 5.97 Å². The molecule has 70 valence electrons. The van der Waals surface area contributed by atoms with E-state index < -0.39 is 5.97 Å². The van der Waals surface area contributed by atoms with E-state index in [2.05, 4.69) is 13.8 Å². The van der Waals surface area contributed by atoms with Gasteiger partial charge in [0.25, 0.3) is 0 Å². The largest absolute Gasteiger partial charge is 0.550 e. The van der Waals surface area contributed by atoms with Crippen LogP contribution >= 0.6 is 0 Å². The SMILES string of the molecule is CC[C@]1(CC(=O)[O-])CC[C@@H](C)C1. The second-order valence-corrected chi connectivity index (χ2v) is 4.25. The fourth-order valence-electron chi connectivity index (χ4n) is 2.41. The number of carbonyl (C=O) groups excluding carboxylic acids is 1. The highest BCUT2D eigenvalue weighted by Crippen LogP contribution is 2.46. The molecule has 1 aliphatic carbocycles. The summed E-state index contributed by atoms with van der Waals surface area (Å²) in [6.45, 7) is 4.29. The van der Waals surface area contributed by atoms with Gasteiger partial charge in [-0.1, -0.05) is 26.7 Å². The number of carboxylic acid groups (broad SMARTS) is 1. The van der Waals surface area contributed by atoms with Crippen LogP contribution in [0.5, 0.6) is 0 Å². The van der Waals surface area contributed by atoms with Crippen LogP contribution in [0.25, 0.3) is 0 Å². The van der Waals surface area contributed by atoms with Crippen molar-refractivity contribution in [2.45, 2.75) is 46.0 Å². The summed E-state index contributed by atoms with van der Waals surface area (Å²) in [5.74, 6) is -0.185. The maximum absolute atomic E-state index is 10.5. The third kappa shape index (κ3) is 1.99. The molecule has 2 atom stereocenters. The van der Waals surface area contributed by atoms with Gasteiger partial charge in [0.05, 0.1) is 0 Å². The maximum Gasteiger partial charge on any atom is 0.0419 e. The smallest absolute Gasteiger partial charge is 0.0419 e. The Morgan fingerprint density at radius 1 is 1.67 bits per heavy atom. The van der Waals surface area contributed by atoms with Crippen LogP contribution in [-0.2, 0) is 4.79 Å². The van der Waals surface area contributed by atoms with Gasteiger partial charge < -0.3 is 9.90 Å². The Kier molecular flexibility index (Phi) is 2.76. The lowest BCUT2D eigenvalue weighted by Crippen LogP contribution is -2.30. The quantitative estimate of drug-likeness (QED) is 0.639. The molecule has 2 heteroatoms. The molecule has 0 radical (unpaired) electrons. The van der Waals surface area contributed by atoms with E-state index in [1.807, 2.05) is 0 Å². The third-order valence-electron chi connectivity index (χ3n) is 3.22. The average molecular weight is 169 g/mol. The summed E-state index contributed by atoms with van der Waals surface area (Å²) in [4.78, 5) is 10.5. The zero-order valence-corrected chi connectivity index (χ0v) is 7.93. The molecule has 0 aromatic rings. The maximum atomic E-state index is 10.5. The molecule has 0 N–H and O–H groups in total. The van der Waals surface area contributed by atoms with Crippen molar-refractivity contribution >= 4 is 5.97 Å². The zero-order chi connectivity index (χ0) is 9.19. The van der Waals surface area contributed by atoms with Gasteiger partial charge in [-0.2, -0.15) is 0 Å². The van der Waals surface area contributed by atoms with Gasteiger partial charge in [-0.15, -0.1) is 0 Å². The van der Waals surface area contributed by atoms with Gasteiger partial charge >= 0.3 is 0 Å². The normalized spacial score (nSPS) is 35.3. The van der Waals surface area contributed by atoms with Crippen LogP contribution in [-0.4, -0.2) is 5.97 Å². The van der Waals surface area contributed by atoms with Gasteiger partial charge in [0.2, 0.25) is 0 Å². The summed E-state index contributed by atoms with van der Waals surface area (Å²) in [6.07, 6.45) is 4.55. The van der Waals surface area contributed by atoms with Crippen LogP contribution in [0.2, 0.25) is 0 Å². The van der Waals surface area contributed by atoms with E-state index in [4.69, 9.17) is 0 Å². The van der Waals surface area contributed by atoms with Gasteiger partial charge in [-0.3, -0.25) is 0 Å². The first-order chi connectivity index (χ1) is 5.58.